The molecule has 0 radical (unpaired) electrons. The van der Waals surface area contributed by atoms with Crippen molar-refractivity contribution in [3.8, 4) is 0 Å². The van der Waals surface area contributed by atoms with Crippen molar-refractivity contribution in [1.82, 2.24) is 0 Å². The number of ether oxygens (including phenoxy) is 1. The number of esters is 1. The van der Waals surface area contributed by atoms with Crippen LogP contribution in [0.5, 0.6) is 0 Å². The summed E-state index contributed by atoms with van der Waals surface area (Å²) in [7, 11) is 0. The number of carbonyl (C=O) groups is 1. The predicted octanol–water partition coefficient (Wildman–Crippen LogP) is 6.48. The van der Waals surface area contributed by atoms with Gasteiger partial charge in [0.1, 0.15) is 9.53 Å². The fourth-order valence-corrected chi connectivity index (χ4v) is 9.70. The van der Waals surface area contributed by atoms with Crippen LogP contribution in [0.2, 0.25) is 0 Å². The van der Waals surface area contributed by atoms with E-state index in [0.717, 1.165) is 19.3 Å². The summed E-state index contributed by atoms with van der Waals surface area (Å²) in [5, 5.41) is 36.7. The second-order valence-electron chi connectivity index (χ2n) is 12.6. The molecule has 0 heterocycles. The number of hydrogen-bond acceptors (Lipinski definition) is 5. The van der Waals surface area contributed by atoms with Crippen LogP contribution in [0.3, 0.4) is 0 Å². The molecule has 1 unspecified atom stereocenters. The molecule has 4 aliphatic carbocycles. The average molecular weight is 607 g/mol. The van der Waals surface area contributed by atoms with Crippen LogP contribution in [-0.2, 0) is 9.53 Å². The van der Waals surface area contributed by atoms with Crippen LogP contribution in [0, 0.1) is 16.2 Å². The molecule has 0 spiro atoms. The second-order valence-corrected chi connectivity index (χ2v) is 14.1. The number of halogens is 1. The Balaban J connectivity index is 2.34. The van der Waals surface area contributed by atoms with Gasteiger partial charge in [0.15, 0.2) is 0 Å². The van der Waals surface area contributed by atoms with Crippen molar-refractivity contribution in [3.63, 3.8) is 0 Å². The lowest BCUT2D eigenvalue weighted by molar-refractivity contribution is -0.344. The van der Waals surface area contributed by atoms with Crippen LogP contribution >= 0.6 is 22.6 Å². The van der Waals surface area contributed by atoms with E-state index in [9.17, 15) is 20.1 Å². The van der Waals surface area contributed by atoms with Crippen LogP contribution in [0.25, 0.3) is 0 Å². The molecule has 0 amide bonds. The first-order valence-electron chi connectivity index (χ1n) is 14.3. The third kappa shape index (κ3) is 4.14. The van der Waals surface area contributed by atoms with Crippen LogP contribution in [0.15, 0.2) is 0 Å². The Labute approximate surface area is 227 Å². The van der Waals surface area contributed by atoms with Crippen molar-refractivity contribution in [2.75, 3.05) is 0 Å². The standard InChI is InChI=1S/C29H51IO5/c1-8-21(30)22(31)35-26-18-23(27(32,9-2)10-3)15-24(19-26,28(33,11-4)12-5)17-25(16-23,20-26)29(34,13-6)14-7/h21,32-34H,8-20H2,1-7H3. The summed E-state index contributed by atoms with van der Waals surface area (Å²) in [6.45, 7) is 14.3. The van der Waals surface area contributed by atoms with Crippen molar-refractivity contribution in [2.24, 2.45) is 16.2 Å². The van der Waals surface area contributed by atoms with Gasteiger partial charge in [0.2, 0.25) is 0 Å². The minimum absolute atomic E-state index is 0.194. The van der Waals surface area contributed by atoms with Gasteiger partial charge in [0, 0.05) is 16.2 Å². The Morgan fingerprint density at radius 3 is 1.20 bits per heavy atom. The maximum atomic E-state index is 13.3. The Hall–Kier alpha value is 0.0800. The van der Waals surface area contributed by atoms with E-state index in [1.165, 1.54) is 0 Å². The highest BCUT2D eigenvalue weighted by Gasteiger charge is 2.78. The summed E-state index contributed by atoms with van der Waals surface area (Å²) in [5.41, 5.74) is -5.16. The fraction of sp³-hybridized carbons (Fsp3) is 0.966. The molecule has 4 rings (SSSR count). The molecule has 0 aromatic heterocycles. The lowest BCUT2D eigenvalue weighted by Crippen LogP contribution is -2.77. The Kier molecular flexibility index (Phi) is 8.19. The van der Waals surface area contributed by atoms with E-state index in [0.29, 0.717) is 64.2 Å². The summed E-state index contributed by atoms with van der Waals surface area (Å²) in [4.78, 5) is 13.3. The number of alkyl halides is 1. The average Bonchev–Trinajstić information content (AvgIpc) is 2.84. The minimum Gasteiger partial charge on any atom is -0.458 e. The Morgan fingerprint density at radius 2 is 0.971 bits per heavy atom. The Bertz CT molecular complexity index is 690. The molecule has 4 saturated carbocycles. The summed E-state index contributed by atoms with van der Waals surface area (Å²) < 4.78 is 6.32. The predicted molar refractivity (Wildman–Crippen MR) is 149 cm³/mol. The number of hydrogen-bond donors (Lipinski definition) is 3. The van der Waals surface area contributed by atoms with Crippen LogP contribution in [-0.4, -0.2) is 47.6 Å². The molecule has 6 heteroatoms. The van der Waals surface area contributed by atoms with Crippen molar-refractivity contribution in [1.29, 1.82) is 0 Å². The molecule has 0 saturated heterocycles. The van der Waals surface area contributed by atoms with Gasteiger partial charge in [-0.15, -0.1) is 0 Å². The van der Waals surface area contributed by atoms with E-state index in [4.69, 9.17) is 4.74 Å². The molecule has 1 atom stereocenters. The van der Waals surface area contributed by atoms with Gasteiger partial charge in [0.25, 0.3) is 0 Å². The highest BCUT2D eigenvalue weighted by Crippen LogP contribution is 2.79. The largest absolute Gasteiger partial charge is 0.458 e. The lowest BCUT2D eigenvalue weighted by atomic mass is 9.30. The molecule has 3 N–H and O–H groups in total. The molecule has 0 aromatic carbocycles. The van der Waals surface area contributed by atoms with Gasteiger partial charge < -0.3 is 20.1 Å². The zero-order valence-corrected chi connectivity index (χ0v) is 25.5. The second kappa shape index (κ2) is 9.68. The van der Waals surface area contributed by atoms with Gasteiger partial charge in [-0.1, -0.05) is 71.1 Å². The monoisotopic (exact) mass is 606 g/mol. The van der Waals surface area contributed by atoms with Gasteiger partial charge in [0.05, 0.1) is 16.8 Å². The quantitative estimate of drug-likeness (QED) is 0.135. The van der Waals surface area contributed by atoms with E-state index in [1.54, 1.807) is 0 Å². The van der Waals surface area contributed by atoms with E-state index in [-0.39, 0.29) is 9.89 Å². The van der Waals surface area contributed by atoms with Gasteiger partial charge in [-0.05, 0) is 83.5 Å². The number of rotatable bonds is 12. The van der Waals surface area contributed by atoms with E-state index >= 15 is 0 Å². The first kappa shape index (κ1) is 29.6. The van der Waals surface area contributed by atoms with Crippen molar-refractivity contribution < 1.29 is 24.9 Å². The maximum absolute atomic E-state index is 13.3. The molecule has 35 heavy (non-hydrogen) atoms. The maximum Gasteiger partial charge on any atom is 0.319 e. The molecule has 0 aromatic rings. The first-order chi connectivity index (χ1) is 16.2. The molecule has 204 valence electrons. The molecule has 4 aliphatic rings. The van der Waals surface area contributed by atoms with E-state index < -0.39 is 38.6 Å². The third-order valence-electron chi connectivity index (χ3n) is 11.4. The SMILES string of the molecule is CCC(I)C(=O)OC12CC3(C(O)(CC)CC)CC(C(O)(CC)CC)(C1)CC(C(O)(CC)CC)(C2)C3. The zero-order valence-electron chi connectivity index (χ0n) is 23.3. The van der Waals surface area contributed by atoms with Crippen molar-refractivity contribution in [2.45, 2.75) is 158 Å². The van der Waals surface area contributed by atoms with Gasteiger partial charge in [-0.2, -0.15) is 0 Å². The number of carbonyl (C=O) groups excluding carboxylic acids is 1. The minimum atomic E-state index is -0.943. The van der Waals surface area contributed by atoms with Crippen LogP contribution < -0.4 is 0 Å². The van der Waals surface area contributed by atoms with Crippen LogP contribution in [0.1, 0.15) is 132 Å². The molecule has 0 aliphatic heterocycles. The molecular weight excluding hydrogens is 555 g/mol. The third-order valence-corrected chi connectivity index (χ3v) is 12.8. The van der Waals surface area contributed by atoms with E-state index in [2.05, 4.69) is 64.1 Å². The molecule has 4 bridgehead atoms. The Morgan fingerprint density at radius 1 is 0.686 bits per heavy atom. The molecule has 4 fully saturated rings. The smallest absolute Gasteiger partial charge is 0.319 e. The highest BCUT2D eigenvalue weighted by atomic mass is 127. The lowest BCUT2D eigenvalue weighted by Gasteiger charge is -2.77. The fourth-order valence-electron chi connectivity index (χ4n) is 9.58. The van der Waals surface area contributed by atoms with Crippen molar-refractivity contribution in [3.05, 3.63) is 0 Å². The first-order valence-corrected chi connectivity index (χ1v) is 15.5. The zero-order chi connectivity index (χ0) is 26.6. The highest BCUT2D eigenvalue weighted by molar-refractivity contribution is 14.1. The van der Waals surface area contributed by atoms with Crippen LogP contribution in [0.4, 0.5) is 0 Å². The van der Waals surface area contributed by atoms with Gasteiger partial charge >= 0.3 is 5.97 Å². The molecular formula is C29H51IO5. The number of aliphatic hydroxyl groups is 3. The van der Waals surface area contributed by atoms with Gasteiger partial charge in [-0.3, -0.25) is 4.79 Å². The summed E-state index contributed by atoms with van der Waals surface area (Å²) >= 11 is 2.17. The summed E-state index contributed by atoms with van der Waals surface area (Å²) in [5.74, 6) is -0.194. The van der Waals surface area contributed by atoms with Crippen molar-refractivity contribution >= 4 is 28.6 Å². The molecule has 5 nitrogen and oxygen atoms in total. The summed E-state index contributed by atoms with van der Waals surface area (Å²) in [6, 6.07) is 0. The summed E-state index contributed by atoms with van der Waals surface area (Å²) in [6.07, 6.45) is 8.38. The van der Waals surface area contributed by atoms with Gasteiger partial charge in [-0.25, -0.2) is 0 Å². The van der Waals surface area contributed by atoms with E-state index in [1.807, 2.05) is 6.92 Å². The topological polar surface area (TPSA) is 87.0 Å². The normalized spacial score (nSPS) is 35.9.